The number of nitrogens with one attached hydrogen (secondary N) is 2. The van der Waals surface area contributed by atoms with Gasteiger partial charge in [-0.15, -0.1) is 0 Å². The van der Waals surface area contributed by atoms with Gasteiger partial charge in [0.05, 0.1) is 29.5 Å². The van der Waals surface area contributed by atoms with Gasteiger partial charge in [0.25, 0.3) is 0 Å². The minimum absolute atomic E-state index is 0.197. The topological polar surface area (TPSA) is 142 Å². The average Bonchev–Trinajstić information content (AvgIpc) is 2.88. The summed E-state index contributed by atoms with van der Waals surface area (Å²) in [7, 11) is 0. The zero-order valence-electron chi connectivity index (χ0n) is 10.4. The van der Waals surface area contributed by atoms with Crippen LogP contribution < -0.4 is 16.9 Å². The molecule has 20 heavy (non-hydrogen) atoms. The van der Waals surface area contributed by atoms with E-state index in [0.29, 0.717) is 11.4 Å². The van der Waals surface area contributed by atoms with Crippen molar-refractivity contribution in [3.8, 4) is 11.8 Å². The first-order valence-electron chi connectivity index (χ1n) is 5.59. The number of amidine groups is 1. The molecule has 0 saturated carbocycles. The number of hydrogen-bond acceptors (Lipinski definition) is 6. The number of nitrogen functional groups attached to an aromatic ring is 1. The number of anilines is 2. The van der Waals surface area contributed by atoms with Crippen molar-refractivity contribution in [2.45, 2.75) is 0 Å². The molecule has 6 N–H and O–H groups in total. The molecule has 1 heterocycles. The van der Waals surface area contributed by atoms with E-state index in [-0.39, 0.29) is 5.71 Å². The monoisotopic (exact) mass is 268 g/mol. The maximum Gasteiger partial charge on any atom is 0.201 e. The van der Waals surface area contributed by atoms with Crippen LogP contribution in [-0.4, -0.2) is 21.3 Å². The van der Waals surface area contributed by atoms with E-state index in [9.17, 15) is 0 Å². The molecule has 0 fully saturated rings. The predicted molar refractivity (Wildman–Crippen MR) is 76.6 cm³/mol. The number of nitrogens with two attached hydrogens (primary N) is 2. The van der Waals surface area contributed by atoms with Crippen LogP contribution in [0.1, 0.15) is 0 Å². The molecule has 1 aromatic carbocycles. The highest BCUT2D eigenvalue weighted by Crippen LogP contribution is 2.17. The van der Waals surface area contributed by atoms with Crippen molar-refractivity contribution in [2.75, 3.05) is 11.2 Å². The highest BCUT2D eigenvalue weighted by atomic mass is 15.3. The molecule has 0 spiro atoms. The lowest BCUT2D eigenvalue weighted by Crippen LogP contribution is -2.21. The Hall–Kier alpha value is -3.34. The summed E-state index contributed by atoms with van der Waals surface area (Å²) in [6.07, 6.45) is 3.18. The smallest absolute Gasteiger partial charge is 0.201 e. The summed E-state index contributed by atoms with van der Waals surface area (Å²) in [6.45, 7) is 0. The molecule has 0 unspecified atom stereocenters. The summed E-state index contributed by atoms with van der Waals surface area (Å²) >= 11 is 0. The molecule has 0 amide bonds. The first-order valence-corrected chi connectivity index (χ1v) is 5.59. The Balaban J connectivity index is 2.21. The molecule has 0 atom stereocenters. The lowest BCUT2D eigenvalue weighted by Gasteiger charge is -2.03. The van der Waals surface area contributed by atoms with Crippen molar-refractivity contribution in [3.05, 3.63) is 36.7 Å². The number of benzene rings is 1. The van der Waals surface area contributed by atoms with Gasteiger partial charge in [-0.25, -0.2) is 4.68 Å². The second-order valence-electron chi connectivity index (χ2n) is 3.83. The number of hydrazone groups is 1. The SMILES string of the molecule is N#C/C(=N\Nc1cnn(-c2ccccc2N)c1)C(=N)N. The van der Waals surface area contributed by atoms with Crippen molar-refractivity contribution in [1.82, 2.24) is 9.78 Å². The highest BCUT2D eigenvalue weighted by Gasteiger charge is 2.04. The molecule has 0 aliphatic rings. The third kappa shape index (κ3) is 2.73. The molecule has 2 aromatic rings. The lowest BCUT2D eigenvalue weighted by atomic mass is 10.3. The number of rotatable bonds is 4. The molecular formula is C12H12N8. The lowest BCUT2D eigenvalue weighted by molar-refractivity contribution is 0.883. The maximum atomic E-state index is 8.72. The van der Waals surface area contributed by atoms with Crippen LogP contribution in [0.2, 0.25) is 0 Å². The summed E-state index contributed by atoms with van der Waals surface area (Å²) < 4.78 is 1.58. The van der Waals surface area contributed by atoms with Gasteiger partial charge in [-0.05, 0) is 12.1 Å². The quantitative estimate of drug-likeness (QED) is 0.279. The standard InChI is InChI=1S/C12H12N8/c13-5-10(12(15)16)19-18-8-6-17-20(7-8)11-4-2-1-3-9(11)14/h1-4,6-7,18H,14H2,(H3,15,16)/b19-10+. The van der Waals surface area contributed by atoms with E-state index in [4.69, 9.17) is 22.1 Å². The Kier molecular flexibility index (Phi) is 3.63. The first kappa shape index (κ1) is 13.1. The normalized spacial score (nSPS) is 10.8. The Bertz CT molecular complexity index is 706. The van der Waals surface area contributed by atoms with Gasteiger partial charge in [0.2, 0.25) is 5.71 Å². The van der Waals surface area contributed by atoms with E-state index in [1.165, 1.54) is 6.20 Å². The molecule has 2 rings (SSSR count). The van der Waals surface area contributed by atoms with Crippen LogP contribution in [0, 0.1) is 16.7 Å². The van der Waals surface area contributed by atoms with E-state index >= 15 is 0 Å². The summed E-state index contributed by atoms with van der Waals surface area (Å²) in [6, 6.07) is 8.99. The fourth-order valence-electron chi connectivity index (χ4n) is 1.47. The molecular weight excluding hydrogens is 256 g/mol. The van der Waals surface area contributed by atoms with Gasteiger partial charge in [-0.1, -0.05) is 12.1 Å². The van der Waals surface area contributed by atoms with Crippen LogP contribution in [0.25, 0.3) is 5.69 Å². The zero-order valence-corrected chi connectivity index (χ0v) is 10.4. The van der Waals surface area contributed by atoms with Crippen LogP contribution in [0.15, 0.2) is 41.8 Å². The van der Waals surface area contributed by atoms with Gasteiger partial charge in [-0.3, -0.25) is 10.8 Å². The highest BCUT2D eigenvalue weighted by molar-refractivity contribution is 6.45. The van der Waals surface area contributed by atoms with E-state index in [1.54, 1.807) is 23.0 Å². The van der Waals surface area contributed by atoms with E-state index < -0.39 is 5.84 Å². The molecule has 1 aromatic heterocycles. The molecule has 8 nitrogen and oxygen atoms in total. The molecule has 0 saturated heterocycles. The van der Waals surface area contributed by atoms with Crippen LogP contribution in [0.5, 0.6) is 0 Å². The summed E-state index contributed by atoms with van der Waals surface area (Å²) in [5.41, 5.74) is 15.3. The van der Waals surface area contributed by atoms with Crippen molar-refractivity contribution >= 4 is 22.9 Å². The van der Waals surface area contributed by atoms with Crippen molar-refractivity contribution in [3.63, 3.8) is 0 Å². The Morgan fingerprint density at radius 3 is 2.85 bits per heavy atom. The molecule has 0 aliphatic carbocycles. The van der Waals surface area contributed by atoms with Crippen LogP contribution in [-0.2, 0) is 0 Å². The average molecular weight is 268 g/mol. The Morgan fingerprint density at radius 2 is 2.20 bits per heavy atom. The van der Waals surface area contributed by atoms with E-state index in [2.05, 4.69) is 15.6 Å². The van der Waals surface area contributed by atoms with Crippen LogP contribution in [0.4, 0.5) is 11.4 Å². The number of aromatic nitrogens is 2. The van der Waals surface area contributed by atoms with Crippen molar-refractivity contribution in [2.24, 2.45) is 10.8 Å². The molecule has 100 valence electrons. The number of para-hydroxylation sites is 2. The third-order valence-electron chi connectivity index (χ3n) is 2.42. The second-order valence-corrected chi connectivity index (χ2v) is 3.83. The number of nitrogens with zero attached hydrogens (tertiary/aromatic N) is 4. The number of hydrogen-bond donors (Lipinski definition) is 4. The van der Waals surface area contributed by atoms with Gasteiger partial charge >= 0.3 is 0 Å². The third-order valence-corrected chi connectivity index (χ3v) is 2.42. The largest absolute Gasteiger partial charge is 0.397 e. The van der Waals surface area contributed by atoms with Gasteiger partial charge in [0.15, 0.2) is 5.84 Å². The minimum atomic E-state index is -0.403. The molecule has 0 radical (unpaired) electrons. The number of nitriles is 1. The molecule has 0 bridgehead atoms. The van der Waals surface area contributed by atoms with Gasteiger partial charge < -0.3 is 11.5 Å². The molecule has 8 heteroatoms. The minimum Gasteiger partial charge on any atom is -0.397 e. The van der Waals surface area contributed by atoms with Crippen LogP contribution >= 0.6 is 0 Å². The van der Waals surface area contributed by atoms with Gasteiger partial charge in [0.1, 0.15) is 6.07 Å². The molecule has 0 aliphatic heterocycles. The predicted octanol–water partition coefficient (Wildman–Crippen LogP) is 0.682. The van der Waals surface area contributed by atoms with Crippen molar-refractivity contribution < 1.29 is 0 Å². The second kappa shape index (κ2) is 5.53. The summed E-state index contributed by atoms with van der Waals surface area (Å²) in [5, 5.41) is 23.7. The zero-order chi connectivity index (χ0) is 14.5. The Morgan fingerprint density at radius 1 is 1.45 bits per heavy atom. The van der Waals surface area contributed by atoms with Gasteiger partial charge in [0, 0.05) is 0 Å². The fraction of sp³-hybridized carbons (Fsp3) is 0. The fourth-order valence-corrected chi connectivity index (χ4v) is 1.47. The van der Waals surface area contributed by atoms with E-state index in [0.717, 1.165) is 5.69 Å². The summed E-state index contributed by atoms with van der Waals surface area (Å²) in [5.74, 6) is -0.403. The Labute approximate surface area is 114 Å². The van der Waals surface area contributed by atoms with Crippen LogP contribution in [0.3, 0.4) is 0 Å². The van der Waals surface area contributed by atoms with Crippen molar-refractivity contribution in [1.29, 1.82) is 10.7 Å². The first-order chi connectivity index (χ1) is 9.61. The summed E-state index contributed by atoms with van der Waals surface area (Å²) in [4.78, 5) is 0. The maximum absolute atomic E-state index is 8.72. The van der Waals surface area contributed by atoms with E-state index in [1.807, 2.05) is 18.2 Å². The van der Waals surface area contributed by atoms with Gasteiger partial charge in [-0.2, -0.15) is 15.5 Å².